The van der Waals surface area contributed by atoms with E-state index in [-0.39, 0.29) is 0 Å². The third-order valence-electron chi connectivity index (χ3n) is 2.29. The Balaban J connectivity index is 2.20. The highest BCUT2D eigenvalue weighted by molar-refractivity contribution is 4.88. The van der Waals surface area contributed by atoms with Gasteiger partial charge in [0.1, 0.15) is 5.82 Å². The number of ether oxygens (including phenoxy) is 1. The standard InChI is InChI=1S/C10H20N4O/c1-4-9(7-15-3)11-6-5-10-12-8(2)13-14-10/h9,11H,4-7H2,1-3H3,(H,12,13,14). The first-order valence-electron chi connectivity index (χ1n) is 5.36. The molecular weight excluding hydrogens is 192 g/mol. The lowest BCUT2D eigenvalue weighted by molar-refractivity contribution is 0.164. The van der Waals surface area contributed by atoms with E-state index >= 15 is 0 Å². The Morgan fingerprint density at radius 3 is 2.87 bits per heavy atom. The van der Waals surface area contributed by atoms with Crippen molar-refractivity contribution in [2.45, 2.75) is 32.7 Å². The second-order valence-electron chi connectivity index (χ2n) is 3.60. The lowest BCUT2D eigenvalue weighted by Crippen LogP contribution is -2.34. The normalized spacial score (nSPS) is 13.0. The molecule has 0 aliphatic carbocycles. The van der Waals surface area contributed by atoms with Crippen molar-refractivity contribution in [1.29, 1.82) is 0 Å². The van der Waals surface area contributed by atoms with Gasteiger partial charge in [-0.1, -0.05) is 6.92 Å². The summed E-state index contributed by atoms with van der Waals surface area (Å²) in [5.74, 6) is 1.74. The van der Waals surface area contributed by atoms with Gasteiger partial charge in [-0.25, -0.2) is 4.98 Å². The molecule has 2 N–H and O–H groups in total. The maximum absolute atomic E-state index is 5.10. The Morgan fingerprint density at radius 1 is 1.53 bits per heavy atom. The topological polar surface area (TPSA) is 62.8 Å². The highest BCUT2D eigenvalue weighted by atomic mass is 16.5. The van der Waals surface area contributed by atoms with Crippen LogP contribution in [0, 0.1) is 6.92 Å². The summed E-state index contributed by atoms with van der Waals surface area (Å²) >= 11 is 0. The molecule has 1 atom stereocenters. The van der Waals surface area contributed by atoms with Crippen LogP contribution in [0.15, 0.2) is 0 Å². The van der Waals surface area contributed by atoms with E-state index < -0.39 is 0 Å². The zero-order valence-electron chi connectivity index (χ0n) is 9.71. The van der Waals surface area contributed by atoms with E-state index in [4.69, 9.17) is 4.74 Å². The number of aromatic amines is 1. The van der Waals surface area contributed by atoms with Crippen molar-refractivity contribution in [3.8, 4) is 0 Å². The molecule has 1 aromatic heterocycles. The van der Waals surface area contributed by atoms with Crippen LogP contribution in [0.1, 0.15) is 25.0 Å². The molecule has 0 saturated carbocycles. The number of aryl methyl sites for hydroxylation is 1. The molecule has 1 unspecified atom stereocenters. The third-order valence-corrected chi connectivity index (χ3v) is 2.29. The molecule has 0 fully saturated rings. The summed E-state index contributed by atoms with van der Waals surface area (Å²) < 4.78 is 5.10. The number of hydrogen-bond acceptors (Lipinski definition) is 4. The average Bonchev–Trinajstić information content (AvgIpc) is 2.63. The predicted octanol–water partition coefficient (Wildman–Crippen LogP) is 0.670. The molecule has 0 bridgehead atoms. The fraction of sp³-hybridized carbons (Fsp3) is 0.800. The maximum Gasteiger partial charge on any atom is 0.151 e. The van der Waals surface area contributed by atoms with Crippen LogP contribution in [0.3, 0.4) is 0 Å². The van der Waals surface area contributed by atoms with Gasteiger partial charge in [0, 0.05) is 26.1 Å². The molecule has 0 aliphatic heterocycles. The Kier molecular flexibility index (Phi) is 5.28. The maximum atomic E-state index is 5.10. The van der Waals surface area contributed by atoms with E-state index in [1.54, 1.807) is 7.11 Å². The lowest BCUT2D eigenvalue weighted by atomic mass is 10.2. The Labute approximate surface area is 90.6 Å². The van der Waals surface area contributed by atoms with Gasteiger partial charge in [-0.15, -0.1) is 0 Å². The van der Waals surface area contributed by atoms with Crippen molar-refractivity contribution < 1.29 is 4.74 Å². The third kappa shape index (κ3) is 4.40. The Morgan fingerprint density at radius 2 is 2.33 bits per heavy atom. The minimum Gasteiger partial charge on any atom is -0.383 e. The largest absolute Gasteiger partial charge is 0.383 e. The van der Waals surface area contributed by atoms with E-state index in [9.17, 15) is 0 Å². The lowest BCUT2D eigenvalue weighted by Gasteiger charge is -2.14. The van der Waals surface area contributed by atoms with Crippen molar-refractivity contribution in [2.24, 2.45) is 0 Å². The fourth-order valence-electron chi connectivity index (χ4n) is 1.41. The van der Waals surface area contributed by atoms with Gasteiger partial charge in [-0.3, -0.25) is 5.10 Å². The zero-order chi connectivity index (χ0) is 11.1. The number of nitrogens with one attached hydrogen (secondary N) is 2. The van der Waals surface area contributed by atoms with Crippen LogP contribution >= 0.6 is 0 Å². The number of nitrogens with zero attached hydrogens (tertiary/aromatic N) is 2. The molecule has 15 heavy (non-hydrogen) atoms. The molecule has 0 aliphatic rings. The van der Waals surface area contributed by atoms with Gasteiger partial charge < -0.3 is 10.1 Å². The van der Waals surface area contributed by atoms with Crippen LogP contribution in [0.25, 0.3) is 0 Å². The summed E-state index contributed by atoms with van der Waals surface area (Å²) in [6.07, 6.45) is 1.92. The summed E-state index contributed by atoms with van der Waals surface area (Å²) in [5.41, 5.74) is 0. The molecule has 5 nitrogen and oxygen atoms in total. The van der Waals surface area contributed by atoms with Crippen LogP contribution in [-0.2, 0) is 11.2 Å². The number of H-pyrrole nitrogens is 1. The molecule has 0 aromatic carbocycles. The molecule has 86 valence electrons. The van der Waals surface area contributed by atoms with Gasteiger partial charge in [0.05, 0.1) is 6.61 Å². The first-order chi connectivity index (χ1) is 7.26. The van der Waals surface area contributed by atoms with E-state index in [1.807, 2.05) is 6.92 Å². The van der Waals surface area contributed by atoms with E-state index in [2.05, 4.69) is 27.4 Å². The molecule has 0 amide bonds. The molecule has 1 heterocycles. The Bertz CT molecular complexity index is 274. The number of methoxy groups -OCH3 is 1. The fourth-order valence-corrected chi connectivity index (χ4v) is 1.41. The summed E-state index contributed by atoms with van der Waals surface area (Å²) in [6, 6.07) is 0.426. The SMILES string of the molecule is CCC(COC)NCCc1n[nH]c(C)n1. The van der Waals surface area contributed by atoms with Gasteiger partial charge >= 0.3 is 0 Å². The van der Waals surface area contributed by atoms with E-state index in [0.717, 1.165) is 37.6 Å². The average molecular weight is 212 g/mol. The first kappa shape index (κ1) is 12.1. The number of aromatic nitrogens is 3. The summed E-state index contributed by atoms with van der Waals surface area (Å²) in [4.78, 5) is 4.24. The Hall–Kier alpha value is -0.940. The first-order valence-corrected chi connectivity index (χ1v) is 5.36. The molecule has 5 heteroatoms. The molecule has 1 aromatic rings. The van der Waals surface area contributed by atoms with Crippen molar-refractivity contribution in [3.05, 3.63) is 11.6 Å². The molecule has 1 rings (SSSR count). The van der Waals surface area contributed by atoms with Crippen molar-refractivity contribution in [1.82, 2.24) is 20.5 Å². The van der Waals surface area contributed by atoms with Crippen LogP contribution in [-0.4, -0.2) is 41.5 Å². The highest BCUT2D eigenvalue weighted by Gasteiger charge is 2.05. The zero-order valence-corrected chi connectivity index (χ0v) is 9.71. The highest BCUT2D eigenvalue weighted by Crippen LogP contribution is 1.94. The van der Waals surface area contributed by atoms with Gasteiger partial charge in [-0.2, -0.15) is 5.10 Å². The molecular formula is C10H20N4O. The van der Waals surface area contributed by atoms with Gasteiger partial charge in [-0.05, 0) is 13.3 Å². The summed E-state index contributed by atoms with van der Waals surface area (Å²) in [6.45, 7) is 5.69. The number of rotatable bonds is 7. The number of hydrogen-bond donors (Lipinski definition) is 2. The van der Waals surface area contributed by atoms with E-state index in [1.165, 1.54) is 0 Å². The van der Waals surface area contributed by atoms with Crippen LogP contribution in [0.5, 0.6) is 0 Å². The smallest absolute Gasteiger partial charge is 0.151 e. The van der Waals surface area contributed by atoms with E-state index in [0.29, 0.717) is 6.04 Å². The second kappa shape index (κ2) is 6.53. The minimum absolute atomic E-state index is 0.426. The van der Waals surface area contributed by atoms with Gasteiger partial charge in [0.25, 0.3) is 0 Å². The van der Waals surface area contributed by atoms with Gasteiger partial charge in [0.15, 0.2) is 5.82 Å². The van der Waals surface area contributed by atoms with Crippen molar-refractivity contribution in [2.75, 3.05) is 20.3 Å². The quantitative estimate of drug-likeness (QED) is 0.697. The molecule has 0 saturated heterocycles. The minimum atomic E-state index is 0.426. The van der Waals surface area contributed by atoms with Crippen molar-refractivity contribution in [3.63, 3.8) is 0 Å². The van der Waals surface area contributed by atoms with Crippen LogP contribution in [0.4, 0.5) is 0 Å². The van der Waals surface area contributed by atoms with Crippen molar-refractivity contribution >= 4 is 0 Å². The molecule has 0 spiro atoms. The van der Waals surface area contributed by atoms with Crippen LogP contribution < -0.4 is 5.32 Å². The summed E-state index contributed by atoms with van der Waals surface area (Å²) in [5, 5.41) is 10.3. The monoisotopic (exact) mass is 212 g/mol. The summed E-state index contributed by atoms with van der Waals surface area (Å²) in [7, 11) is 1.73. The predicted molar refractivity (Wildman–Crippen MR) is 58.8 cm³/mol. The second-order valence-corrected chi connectivity index (χ2v) is 3.60. The van der Waals surface area contributed by atoms with Crippen LogP contribution in [0.2, 0.25) is 0 Å². The molecule has 0 radical (unpaired) electrons. The van der Waals surface area contributed by atoms with Gasteiger partial charge in [0.2, 0.25) is 0 Å².